The normalized spacial score (nSPS) is 11.1. The van der Waals surface area contributed by atoms with Crippen LogP contribution in [0.5, 0.6) is 0 Å². The Morgan fingerprint density at radius 1 is 1.26 bits per heavy atom. The maximum absolute atomic E-state index is 11.3. The van der Waals surface area contributed by atoms with Gasteiger partial charge in [-0.2, -0.15) is 5.10 Å². The zero-order valence-corrected chi connectivity index (χ0v) is 13.5. The Morgan fingerprint density at radius 2 is 2.04 bits per heavy atom. The van der Waals surface area contributed by atoms with Crippen LogP contribution in [0.3, 0.4) is 0 Å². The van der Waals surface area contributed by atoms with Gasteiger partial charge in [0.1, 0.15) is 0 Å². The van der Waals surface area contributed by atoms with Crippen molar-refractivity contribution in [3.8, 4) is 11.1 Å². The van der Waals surface area contributed by atoms with E-state index in [0.717, 1.165) is 45.6 Å². The largest absolute Gasteiger partial charge is 0.481 e. The molecule has 0 bridgehead atoms. The van der Waals surface area contributed by atoms with Crippen molar-refractivity contribution in [2.24, 2.45) is 0 Å². The third-order valence-corrected chi connectivity index (χ3v) is 4.03. The minimum Gasteiger partial charge on any atom is -0.481 e. The summed E-state index contributed by atoms with van der Waals surface area (Å²) in [5.41, 5.74) is 6.40. The number of rotatable bonds is 4. The number of hydrogen-bond donors (Lipinski definition) is 1. The van der Waals surface area contributed by atoms with Crippen LogP contribution >= 0.6 is 0 Å². The number of pyridine rings is 1. The number of aliphatic carboxylic acids is 1. The van der Waals surface area contributed by atoms with Crippen LogP contribution < -0.4 is 0 Å². The van der Waals surface area contributed by atoms with Gasteiger partial charge in [0.15, 0.2) is 0 Å². The highest BCUT2D eigenvalue weighted by molar-refractivity contribution is 5.86. The lowest BCUT2D eigenvalue weighted by Gasteiger charge is -2.14. The molecule has 0 unspecified atom stereocenters. The van der Waals surface area contributed by atoms with Crippen molar-refractivity contribution >= 4 is 11.5 Å². The number of carboxylic acid groups (broad SMARTS) is 1. The molecule has 0 saturated heterocycles. The Kier molecular flexibility index (Phi) is 3.86. The summed E-state index contributed by atoms with van der Waals surface area (Å²) in [6.07, 6.45) is 4.39. The molecule has 0 aliphatic heterocycles. The first kappa shape index (κ1) is 15.2. The molecule has 0 aliphatic carbocycles. The van der Waals surface area contributed by atoms with Gasteiger partial charge in [-0.3, -0.25) is 9.78 Å². The Hall–Kier alpha value is -2.69. The van der Waals surface area contributed by atoms with E-state index < -0.39 is 5.97 Å². The van der Waals surface area contributed by atoms with Gasteiger partial charge in [-0.1, -0.05) is 6.92 Å². The van der Waals surface area contributed by atoms with E-state index in [1.54, 1.807) is 12.4 Å². The van der Waals surface area contributed by atoms with Crippen LogP contribution in [0.1, 0.15) is 29.4 Å². The third-order valence-electron chi connectivity index (χ3n) is 4.03. The number of carbonyl (C=O) groups is 1. The van der Waals surface area contributed by atoms with Gasteiger partial charge in [-0.25, -0.2) is 4.52 Å². The van der Waals surface area contributed by atoms with E-state index in [0.29, 0.717) is 0 Å². The van der Waals surface area contributed by atoms with Gasteiger partial charge < -0.3 is 5.11 Å². The van der Waals surface area contributed by atoms with Crippen LogP contribution in [0.25, 0.3) is 16.6 Å². The van der Waals surface area contributed by atoms with E-state index in [1.165, 1.54) is 0 Å². The van der Waals surface area contributed by atoms with E-state index in [9.17, 15) is 9.90 Å². The molecule has 0 atom stereocenters. The van der Waals surface area contributed by atoms with Crippen molar-refractivity contribution < 1.29 is 9.90 Å². The predicted octanol–water partition coefficient (Wildman–Crippen LogP) is 3.20. The predicted molar refractivity (Wildman–Crippen MR) is 88.6 cm³/mol. The number of nitrogens with zero attached hydrogens (tertiary/aromatic N) is 3. The second kappa shape index (κ2) is 5.83. The van der Waals surface area contributed by atoms with Crippen molar-refractivity contribution in [1.29, 1.82) is 0 Å². The maximum Gasteiger partial charge on any atom is 0.307 e. The Bertz CT molecular complexity index is 897. The topological polar surface area (TPSA) is 67.5 Å². The van der Waals surface area contributed by atoms with Gasteiger partial charge in [0.25, 0.3) is 0 Å². The first-order valence-corrected chi connectivity index (χ1v) is 7.65. The second-order valence-corrected chi connectivity index (χ2v) is 5.74. The number of fused-ring (bicyclic) bond motifs is 1. The molecule has 5 nitrogen and oxygen atoms in total. The maximum atomic E-state index is 11.3. The Labute approximate surface area is 134 Å². The van der Waals surface area contributed by atoms with E-state index in [1.807, 2.05) is 36.6 Å². The molecule has 0 aliphatic rings. The molecule has 0 spiro atoms. The molecule has 1 N–H and O–H groups in total. The van der Waals surface area contributed by atoms with E-state index in [2.05, 4.69) is 17.0 Å². The van der Waals surface area contributed by atoms with E-state index in [-0.39, 0.29) is 6.42 Å². The molecule has 0 aromatic carbocycles. The summed E-state index contributed by atoms with van der Waals surface area (Å²) >= 11 is 0. The quantitative estimate of drug-likeness (QED) is 0.803. The summed E-state index contributed by atoms with van der Waals surface area (Å²) in [5, 5.41) is 13.9. The standard InChI is InChI=1S/C18H19N3O2/c1-4-14-5-6-16-18(13-7-11(2)9-19-10-13)15(8-17(22)23)12(3)20-21(14)16/h5-7,9-10H,4,8H2,1-3H3,(H,22,23). The van der Waals surface area contributed by atoms with Gasteiger partial charge >= 0.3 is 5.97 Å². The van der Waals surface area contributed by atoms with Crippen molar-refractivity contribution in [1.82, 2.24) is 14.6 Å². The number of aromatic nitrogens is 3. The van der Waals surface area contributed by atoms with Crippen molar-refractivity contribution in [2.75, 3.05) is 0 Å². The zero-order chi connectivity index (χ0) is 16.6. The van der Waals surface area contributed by atoms with Crippen LogP contribution in [-0.4, -0.2) is 25.7 Å². The summed E-state index contributed by atoms with van der Waals surface area (Å²) in [7, 11) is 0. The lowest BCUT2D eigenvalue weighted by atomic mass is 9.97. The van der Waals surface area contributed by atoms with Crippen LogP contribution in [-0.2, 0) is 17.6 Å². The summed E-state index contributed by atoms with van der Waals surface area (Å²) < 4.78 is 1.92. The highest BCUT2D eigenvalue weighted by Gasteiger charge is 2.18. The molecule has 3 heterocycles. The molecule has 3 aromatic rings. The molecule has 0 saturated carbocycles. The van der Waals surface area contributed by atoms with Crippen LogP contribution in [0.2, 0.25) is 0 Å². The molecule has 23 heavy (non-hydrogen) atoms. The summed E-state index contributed by atoms with van der Waals surface area (Å²) in [6.45, 7) is 5.93. The molecule has 118 valence electrons. The first-order valence-electron chi connectivity index (χ1n) is 7.65. The minimum absolute atomic E-state index is 0.0504. The van der Waals surface area contributed by atoms with Crippen molar-refractivity contribution in [2.45, 2.75) is 33.6 Å². The van der Waals surface area contributed by atoms with Gasteiger partial charge in [0.2, 0.25) is 0 Å². The monoisotopic (exact) mass is 309 g/mol. The van der Waals surface area contributed by atoms with Gasteiger partial charge in [0.05, 0.1) is 17.6 Å². The van der Waals surface area contributed by atoms with Gasteiger partial charge in [-0.05, 0) is 49.6 Å². The number of aryl methyl sites for hydroxylation is 3. The highest BCUT2D eigenvalue weighted by atomic mass is 16.4. The molecule has 3 rings (SSSR count). The Morgan fingerprint density at radius 3 is 2.70 bits per heavy atom. The average Bonchev–Trinajstić information content (AvgIpc) is 2.89. The fourth-order valence-electron chi connectivity index (χ4n) is 2.97. The first-order chi connectivity index (χ1) is 11.0. The molecular formula is C18H19N3O2. The van der Waals surface area contributed by atoms with E-state index in [4.69, 9.17) is 0 Å². The van der Waals surface area contributed by atoms with E-state index >= 15 is 0 Å². The lowest BCUT2D eigenvalue weighted by Crippen LogP contribution is -2.10. The molecule has 3 aromatic heterocycles. The number of hydrogen-bond acceptors (Lipinski definition) is 3. The second-order valence-electron chi connectivity index (χ2n) is 5.74. The van der Waals surface area contributed by atoms with Crippen LogP contribution in [0.4, 0.5) is 0 Å². The lowest BCUT2D eigenvalue weighted by molar-refractivity contribution is -0.136. The van der Waals surface area contributed by atoms with Gasteiger partial charge in [-0.15, -0.1) is 0 Å². The zero-order valence-electron chi connectivity index (χ0n) is 13.5. The molecular weight excluding hydrogens is 290 g/mol. The Balaban J connectivity index is 2.38. The van der Waals surface area contributed by atoms with Crippen molar-refractivity contribution in [3.05, 3.63) is 53.1 Å². The van der Waals surface area contributed by atoms with Crippen LogP contribution in [0, 0.1) is 13.8 Å². The molecule has 5 heteroatoms. The summed E-state index contributed by atoms with van der Waals surface area (Å²) in [6, 6.07) is 6.08. The summed E-state index contributed by atoms with van der Waals surface area (Å²) in [5.74, 6) is -0.858. The fourth-order valence-corrected chi connectivity index (χ4v) is 2.97. The van der Waals surface area contributed by atoms with Crippen LogP contribution in [0.15, 0.2) is 30.6 Å². The molecule has 0 radical (unpaired) electrons. The smallest absolute Gasteiger partial charge is 0.307 e. The summed E-state index contributed by atoms with van der Waals surface area (Å²) in [4.78, 5) is 15.6. The minimum atomic E-state index is -0.858. The average molecular weight is 309 g/mol. The third kappa shape index (κ3) is 2.70. The highest BCUT2D eigenvalue weighted by Crippen LogP contribution is 2.31. The number of carboxylic acids is 1. The fraction of sp³-hybridized carbons (Fsp3) is 0.278. The van der Waals surface area contributed by atoms with Crippen molar-refractivity contribution in [3.63, 3.8) is 0 Å². The molecule has 0 amide bonds. The molecule has 0 fully saturated rings. The van der Waals surface area contributed by atoms with Gasteiger partial charge in [0, 0.05) is 29.2 Å². The SMILES string of the molecule is CCc1ccc2c(-c3cncc(C)c3)c(CC(=O)O)c(C)nn12.